The van der Waals surface area contributed by atoms with Crippen molar-refractivity contribution < 1.29 is 9.53 Å². The molecule has 1 atom stereocenters. The Kier molecular flexibility index (Phi) is 3.98. The van der Waals surface area contributed by atoms with Crippen LogP contribution in [0, 0.1) is 5.41 Å². The van der Waals surface area contributed by atoms with E-state index in [0.29, 0.717) is 11.5 Å². The number of carbonyl (C=O) groups is 1. The highest BCUT2D eigenvalue weighted by Crippen LogP contribution is 2.38. The van der Waals surface area contributed by atoms with Crippen LogP contribution in [-0.4, -0.2) is 19.2 Å². The standard InChI is InChI=1S/C15H22N2O2/c1-15(2)9-8-13(10-15)16-11-4-6-12(7-5-11)17-14(18)19-3/h4-7,13,16H,8-10H2,1-3H3,(H,17,18). The van der Waals surface area contributed by atoms with Crippen LogP contribution in [0.3, 0.4) is 0 Å². The summed E-state index contributed by atoms with van der Waals surface area (Å²) in [6, 6.07) is 8.26. The lowest BCUT2D eigenvalue weighted by atomic mass is 9.92. The van der Waals surface area contributed by atoms with Gasteiger partial charge >= 0.3 is 6.09 Å². The van der Waals surface area contributed by atoms with E-state index in [2.05, 4.69) is 29.2 Å². The molecule has 0 heterocycles. The van der Waals surface area contributed by atoms with E-state index in [0.717, 1.165) is 11.4 Å². The lowest BCUT2D eigenvalue weighted by Crippen LogP contribution is -2.17. The molecule has 1 aliphatic rings. The first-order valence-corrected chi connectivity index (χ1v) is 6.70. The number of anilines is 2. The van der Waals surface area contributed by atoms with Crippen LogP contribution in [-0.2, 0) is 4.74 Å². The molecule has 1 aliphatic carbocycles. The Labute approximate surface area is 114 Å². The van der Waals surface area contributed by atoms with Crippen LogP contribution >= 0.6 is 0 Å². The molecule has 4 nitrogen and oxygen atoms in total. The number of hydrogen-bond donors (Lipinski definition) is 2. The average Bonchev–Trinajstić information content (AvgIpc) is 2.71. The lowest BCUT2D eigenvalue weighted by molar-refractivity contribution is 0.187. The van der Waals surface area contributed by atoms with Gasteiger partial charge in [-0.2, -0.15) is 0 Å². The monoisotopic (exact) mass is 262 g/mol. The van der Waals surface area contributed by atoms with E-state index in [1.165, 1.54) is 26.4 Å². The number of carbonyl (C=O) groups excluding carboxylic acids is 1. The number of ether oxygens (including phenoxy) is 1. The van der Waals surface area contributed by atoms with Gasteiger partial charge in [-0.1, -0.05) is 13.8 Å². The van der Waals surface area contributed by atoms with Crippen molar-refractivity contribution in [1.82, 2.24) is 0 Å². The van der Waals surface area contributed by atoms with Gasteiger partial charge in [-0.25, -0.2) is 4.79 Å². The maximum absolute atomic E-state index is 11.1. The van der Waals surface area contributed by atoms with Crippen LogP contribution in [0.15, 0.2) is 24.3 Å². The van der Waals surface area contributed by atoms with Crippen LogP contribution in [0.5, 0.6) is 0 Å². The molecular formula is C15H22N2O2. The summed E-state index contributed by atoms with van der Waals surface area (Å²) in [5.41, 5.74) is 2.28. The Hall–Kier alpha value is -1.71. The minimum atomic E-state index is -0.446. The van der Waals surface area contributed by atoms with Gasteiger partial charge in [0.15, 0.2) is 0 Å². The van der Waals surface area contributed by atoms with Gasteiger partial charge in [-0.15, -0.1) is 0 Å². The number of nitrogens with one attached hydrogen (secondary N) is 2. The molecule has 0 saturated heterocycles. The fraction of sp³-hybridized carbons (Fsp3) is 0.533. The van der Waals surface area contributed by atoms with Crippen molar-refractivity contribution in [1.29, 1.82) is 0 Å². The second-order valence-electron chi connectivity index (χ2n) is 5.94. The molecule has 0 spiro atoms. The third-order valence-corrected chi connectivity index (χ3v) is 3.66. The van der Waals surface area contributed by atoms with Gasteiger partial charge < -0.3 is 10.1 Å². The maximum atomic E-state index is 11.1. The van der Waals surface area contributed by atoms with Crippen LogP contribution in [0.1, 0.15) is 33.1 Å². The molecule has 4 heteroatoms. The van der Waals surface area contributed by atoms with E-state index in [-0.39, 0.29) is 0 Å². The summed E-state index contributed by atoms with van der Waals surface area (Å²) < 4.78 is 4.55. The van der Waals surface area contributed by atoms with Gasteiger partial charge in [-0.05, 0) is 48.9 Å². The Balaban J connectivity index is 1.90. The Bertz CT molecular complexity index is 440. The molecule has 1 amide bonds. The van der Waals surface area contributed by atoms with Crippen molar-refractivity contribution in [2.45, 2.75) is 39.2 Å². The number of hydrogen-bond acceptors (Lipinski definition) is 3. The summed E-state index contributed by atoms with van der Waals surface area (Å²) in [4.78, 5) is 11.1. The number of benzene rings is 1. The molecular weight excluding hydrogens is 240 g/mol. The summed E-state index contributed by atoms with van der Waals surface area (Å²) in [5.74, 6) is 0. The molecule has 2 N–H and O–H groups in total. The van der Waals surface area contributed by atoms with Gasteiger partial charge in [0.2, 0.25) is 0 Å². The topological polar surface area (TPSA) is 50.4 Å². The zero-order chi connectivity index (χ0) is 13.9. The van der Waals surface area contributed by atoms with E-state index in [1.54, 1.807) is 0 Å². The maximum Gasteiger partial charge on any atom is 0.411 e. The number of methoxy groups -OCH3 is 1. The Morgan fingerprint density at radius 2 is 1.89 bits per heavy atom. The summed E-state index contributed by atoms with van der Waals surface area (Å²) in [7, 11) is 1.35. The molecule has 1 unspecified atom stereocenters. The average molecular weight is 262 g/mol. The molecule has 1 fully saturated rings. The van der Waals surface area contributed by atoms with Crippen LogP contribution in [0.4, 0.5) is 16.2 Å². The van der Waals surface area contributed by atoms with Gasteiger partial charge in [0.05, 0.1) is 7.11 Å². The number of rotatable bonds is 3. The van der Waals surface area contributed by atoms with Crippen LogP contribution in [0.2, 0.25) is 0 Å². The Morgan fingerprint density at radius 3 is 2.42 bits per heavy atom. The molecule has 1 aromatic rings. The predicted octanol–water partition coefficient (Wildman–Crippen LogP) is 3.86. The van der Waals surface area contributed by atoms with Gasteiger partial charge in [-0.3, -0.25) is 5.32 Å². The van der Waals surface area contributed by atoms with E-state index in [9.17, 15) is 4.79 Å². The van der Waals surface area contributed by atoms with E-state index in [4.69, 9.17) is 0 Å². The first-order chi connectivity index (χ1) is 8.98. The van der Waals surface area contributed by atoms with Crippen LogP contribution in [0.25, 0.3) is 0 Å². The van der Waals surface area contributed by atoms with Crippen molar-refractivity contribution in [3.8, 4) is 0 Å². The molecule has 104 valence electrons. The zero-order valence-corrected chi connectivity index (χ0v) is 11.8. The third-order valence-electron chi connectivity index (χ3n) is 3.66. The summed E-state index contributed by atoms with van der Waals surface area (Å²) in [6.07, 6.45) is 3.25. The van der Waals surface area contributed by atoms with Gasteiger partial charge in [0.25, 0.3) is 0 Å². The molecule has 0 aliphatic heterocycles. The van der Waals surface area contributed by atoms with Crippen molar-refractivity contribution in [2.75, 3.05) is 17.7 Å². The minimum Gasteiger partial charge on any atom is -0.453 e. The first-order valence-electron chi connectivity index (χ1n) is 6.70. The van der Waals surface area contributed by atoms with Crippen molar-refractivity contribution in [2.24, 2.45) is 5.41 Å². The molecule has 1 saturated carbocycles. The SMILES string of the molecule is COC(=O)Nc1ccc(NC2CCC(C)(C)C2)cc1. The summed E-state index contributed by atoms with van der Waals surface area (Å²) >= 11 is 0. The first kappa shape index (κ1) is 13.7. The second-order valence-corrected chi connectivity index (χ2v) is 5.94. The molecule has 19 heavy (non-hydrogen) atoms. The largest absolute Gasteiger partial charge is 0.453 e. The fourth-order valence-corrected chi connectivity index (χ4v) is 2.61. The lowest BCUT2D eigenvalue weighted by Gasteiger charge is -2.18. The van der Waals surface area contributed by atoms with Gasteiger partial charge in [0, 0.05) is 17.4 Å². The molecule has 0 radical (unpaired) electrons. The molecule has 2 rings (SSSR count). The third kappa shape index (κ3) is 3.88. The van der Waals surface area contributed by atoms with E-state index < -0.39 is 6.09 Å². The van der Waals surface area contributed by atoms with Gasteiger partial charge in [0.1, 0.15) is 0 Å². The molecule has 1 aromatic carbocycles. The summed E-state index contributed by atoms with van der Waals surface area (Å²) in [5, 5.41) is 6.18. The smallest absolute Gasteiger partial charge is 0.411 e. The summed E-state index contributed by atoms with van der Waals surface area (Å²) in [6.45, 7) is 4.64. The van der Waals surface area contributed by atoms with E-state index >= 15 is 0 Å². The number of amides is 1. The minimum absolute atomic E-state index is 0.446. The highest BCUT2D eigenvalue weighted by molar-refractivity contribution is 5.84. The van der Waals surface area contributed by atoms with Crippen molar-refractivity contribution in [3.05, 3.63) is 24.3 Å². The van der Waals surface area contributed by atoms with E-state index in [1.807, 2.05) is 24.3 Å². The fourth-order valence-electron chi connectivity index (χ4n) is 2.61. The normalized spacial score (nSPS) is 20.9. The predicted molar refractivity (Wildman–Crippen MR) is 77.5 cm³/mol. The molecule has 0 bridgehead atoms. The quantitative estimate of drug-likeness (QED) is 0.869. The zero-order valence-electron chi connectivity index (χ0n) is 11.8. The second kappa shape index (κ2) is 5.51. The van der Waals surface area contributed by atoms with Crippen LogP contribution < -0.4 is 10.6 Å². The Morgan fingerprint density at radius 1 is 1.26 bits per heavy atom. The van der Waals surface area contributed by atoms with Crippen molar-refractivity contribution in [3.63, 3.8) is 0 Å². The highest BCUT2D eigenvalue weighted by atomic mass is 16.5. The van der Waals surface area contributed by atoms with Crippen molar-refractivity contribution >= 4 is 17.5 Å². The highest BCUT2D eigenvalue weighted by Gasteiger charge is 2.30. The molecule has 0 aromatic heterocycles.